The maximum absolute atomic E-state index is 5.49. The van der Waals surface area contributed by atoms with E-state index in [1.807, 2.05) is 12.1 Å². The summed E-state index contributed by atoms with van der Waals surface area (Å²) in [5.41, 5.74) is 11.3. The summed E-state index contributed by atoms with van der Waals surface area (Å²) in [6, 6.07) is 70.9. The molecule has 0 N–H and O–H groups in total. The van der Waals surface area contributed by atoms with E-state index in [0.717, 1.165) is 72.2 Å². The second-order valence-corrected chi connectivity index (χ2v) is 13.4. The van der Waals surface area contributed by atoms with Crippen LogP contribution in [-0.4, -0.2) is 9.97 Å². The van der Waals surface area contributed by atoms with Crippen molar-refractivity contribution < 1.29 is 0 Å². The molecule has 0 aliphatic rings. The number of rotatable bonds is 6. The SMILES string of the molecule is c1ccc(-c2ccc(N(c3ccc4ccc5ccc6nc(-c7ccccc7)c(-c7ccccc7)nc6c5c4c3)c3cccc4ccccc34)cc2)cc1. The molecule has 248 valence electrons. The Morgan fingerprint density at radius 3 is 1.60 bits per heavy atom. The van der Waals surface area contributed by atoms with Crippen molar-refractivity contribution in [2.45, 2.75) is 0 Å². The third-order valence-corrected chi connectivity index (χ3v) is 10.2. The number of benzene rings is 9. The van der Waals surface area contributed by atoms with Gasteiger partial charge in [-0.2, -0.15) is 0 Å². The largest absolute Gasteiger partial charge is 0.310 e. The highest BCUT2D eigenvalue weighted by Crippen LogP contribution is 2.42. The van der Waals surface area contributed by atoms with Crippen molar-refractivity contribution in [3.05, 3.63) is 200 Å². The van der Waals surface area contributed by atoms with E-state index >= 15 is 0 Å². The Balaban J connectivity index is 1.22. The molecule has 10 aromatic rings. The van der Waals surface area contributed by atoms with Gasteiger partial charge in [-0.15, -0.1) is 0 Å². The van der Waals surface area contributed by atoms with Gasteiger partial charge < -0.3 is 4.90 Å². The number of aromatic nitrogens is 2. The summed E-state index contributed by atoms with van der Waals surface area (Å²) >= 11 is 0. The fourth-order valence-electron chi connectivity index (χ4n) is 7.64. The summed E-state index contributed by atoms with van der Waals surface area (Å²) in [6.07, 6.45) is 0. The average molecular weight is 676 g/mol. The van der Waals surface area contributed by atoms with Gasteiger partial charge in [-0.25, -0.2) is 9.97 Å². The first-order chi connectivity index (χ1) is 26.3. The highest BCUT2D eigenvalue weighted by molar-refractivity contribution is 6.19. The molecule has 53 heavy (non-hydrogen) atoms. The lowest BCUT2D eigenvalue weighted by atomic mass is 9.98. The van der Waals surface area contributed by atoms with Crippen LogP contribution in [0.2, 0.25) is 0 Å². The van der Waals surface area contributed by atoms with Crippen molar-refractivity contribution in [1.29, 1.82) is 0 Å². The molecule has 3 nitrogen and oxygen atoms in total. The standard InChI is InChI=1S/C50H33N3/c1-4-13-34(14-5-1)35-25-29-41(30-26-35)53(46-22-12-20-36-15-10-11-21-43(36)46)42-31-27-37-23-24-38-28-32-45-50(47(38)44(37)33-42)52-49(40-18-8-3-9-19-40)48(51-45)39-16-6-2-7-17-39/h1-33H. The molecule has 0 saturated carbocycles. The normalized spacial score (nSPS) is 11.4. The first kappa shape index (κ1) is 30.7. The summed E-state index contributed by atoms with van der Waals surface area (Å²) in [4.78, 5) is 13.2. The van der Waals surface area contributed by atoms with Crippen LogP contribution in [0.1, 0.15) is 0 Å². The highest BCUT2D eigenvalue weighted by Gasteiger charge is 2.19. The molecule has 0 saturated heterocycles. The number of hydrogen-bond donors (Lipinski definition) is 0. The Kier molecular flexibility index (Phi) is 7.47. The summed E-state index contributed by atoms with van der Waals surface area (Å²) in [5.74, 6) is 0. The fraction of sp³-hybridized carbons (Fsp3) is 0. The minimum atomic E-state index is 0.872. The predicted octanol–water partition coefficient (Wildman–Crippen LogP) is 13.6. The molecular weight excluding hydrogens is 643 g/mol. The first-order valence-corrected chi connectivity index (χ1v) is 18.0. The van der Waals surface area contributed by atoms with Gasteiger partial charge >= 0.3 is 0 Å². The van der Waals surface area contributed by atoms with Crippen molar-refractivity contribution in [2.24, 2.45) is 0 Å². The minimum Gasteiger partial charge on any atom is -0.310 e. The van der Waals surface area contributed by atoms with E-state index in [1.54, 1.807) is 0 Å². The van der Waals surface area contributed by atoms with Gasteiger partial charge in [0.1, 0.15) is 0 Å². The van der Waals surface area contributed by atoms with Gasteiger partial charge in [0.05, 0.1) is 28.1 Å². The van der Waals surface area contributed by atoms with E-state index in [4.69, 9.17) is 9.97 Å². The van der Waals surface area contributed by atoms with Crippen LogP contribution in [0.15, 0.2) is 200 Å². The van der Waals surface area contributed by atoms with Crippen molar-refractivity contribution >= 4 is 60.4 Å². The summed E-state index contributed by atoms with van der Waals surface area (Å²) in [5, 5.41) is 6.91. The van der Waals surface area contributed by atoms with Gasteiger partial charge in [0.15, 0.2) is 0 Å². The number of nitrogens with zero attached hydrogens (tertiary/aromatic N) is 3. The maximum atomic E-state index is 5.49. The zero-order valence-electron chi connectivity index (χ0n) is 28.9. The summed E-state index contributed by atoms with van der Waals surface area (Å²) in [7, 11) is 0. The highest BCUT2D eigenvalue weighted by atomic mass is 15.1. The molecule has 0 radical (unpaired) electrons. The maximum Gasteiger partial charge on any atom is 0.0979 e. The van der Waals surface area contributed by atoms with Crippen molar-refractivity contribution in [3.8, 4) is 33.6 Å². The topological polar surface area (TPSA) is 29.0 Å². The van der Waals surface area contributed by atoms with Crippen molar-refractivity contribution in [1.82, 2.24) is 9.97 Å². The van der Waals surface area contributed by atoms with Crippen LogP contribution in [0.4, 0.5) is 17.1 Å². The molecule has 1 aromatic heterocycles. The van der Waals surface area contributed by atoms with Gasteiger partial charge in [-0.1, -0.05) is 164 Å². The third kappa shape index (κ3) is 5.47. The lowest BCUT2D eigenvalue weighted by molar-refractivity contribution is 1.30. The van der Waals surface area contributed by atoms with Gasteiger partial charge in [0.2, 0.25) is 0 Å². The van der Waals surface area contributed by atoms with Gasteiger partial charge in [0.25, 0.3) is 0 Å². The Labute approximate surface area is 308 Å². The third-order valence-electron chi connectivity index (χ3n) is 10.2. The molecule has 0 spiro atoms. The Bertz CT molecular complexity index is 2920. The molecule has 3 heteroatoms. The van der Waals surface area contributed by atoms with E-state index in [0.29, 0.717) is 0 Å². The van der Waals surface area contributed by atoms with E-state index < -0.39 is 0 Å². The molecule has 9 aromatic carbocycles. The Morgan fingerprint density at radius 2 is 0.868 bits per heavy atom. The Morgan fingerprint density at radius 1 is 0.340 bits per heavy atom. The number of fused-ring (bicyclic) bond motifs is 6. The van der Waals surface area contributed by atoms with Crippen molar-refractivity contribution in [3.63, 3.8) is 0 Å². The molecule has 0 aliphatic carbocycles. The summed E-state index contributed by atoms with van der Waals surface area (Å²) in [6.45, 7) is 0. The molecule has 0 aliphatic heterocycles. The quantitative estimate of drug-likeness (QED) is 0.164. The smallest absolute Gasteiger partial charge is 0.0979 e. The molecule has 0 amide bonds. The second kappa shape index (κ2) is 12.9. The molecule has 0 unspecified atom stereocenters. The van der Waals surface area contributed by atoms with Crippen molar-refractivity contribution in [2.75, 3.05) is 4.90 Å². The fourth-order valence-corrected chi connectivity index (χ4v) is 7.64. The van der Waals surface area contributed by atoms with Crippen LogP contribution in [0.25, 0.3) is 77.0 Å². The van der Waals surface area contributed by atoms with Gasteiger partial charge in [-0.3, -0.25) is 0 Å². The zero-order chi connectivity index (χ0) is 35.1. The number of hydrogen-bond acceptors (Lipinski definition) is 3. The number of anilines is 3. The van der Waals surface area contributed by atoms with Gasteiger partial charge in [0, 0.05) is 33.3 Å². The minimum absolute atomic E-state index is 0.872. The van der Waals surface area contributed by atoms with Crippen LogP contribution < -0.4 is 4.90 Å². The van der Waals surface area contributed by atoms with Crippen LogP contribution in [0, 0.1) is 0 Å². The zero-order valence-corrected chi connectivity index (χ0v) is 28.9. The van der Waals surface area contributed by atoms with E-state index in [1.165, 1.54) is 21.9 Å². The lowest BCUT2D eigenvalue weighted by Crippen LogP contribution is -2.10. The van der Waals surface area contributed by atoms with E-state index in [2.05, 4.69) is 193 Å². The molecule has 1 heterocycles. The van der Waals surface area contributed by atoms with Crippen LogP contribution in [0.3, 0.4) is 0 Å². The lowest BCUT2D eigenvalue weighted by Gasteiger charge is -2.27. The van der Waals surface area contributed by atoms with Crippen LogP contribution >= 0.6 is 0 Å². The molecule has 0 fully saturated rings. The van der Waals surface area contributed by atoms with Crippen LogP contribution in [-0.2, 0) is 0 Å². The van der Waals surface area contributed by atoms with E-state index in [-0.39, 0.29) is 0 Å². The molecular formula is C50H33N3. The van der Waals surface area contributed by atoms with Gasteiger partial charge in [-0.05, 0) is 69.1 Å². The molecule has 0 atom stereocenters. The average Bonchev–Trinajstić information content (AvgIpc) is 3.24. The van der Waals surface area contributed by atoms with Crippen LogP contribution in [0.5, 0.6) is 0 Å². The monoisotopic (exact) mass is 675 g/mol. The molecule has 10 rings (SSSR count). The predicted molar refractivity (Wildman–Crippen MR) is 223 cm³/mol. The first-order valence-electron chi connectivity index (χ1n) is 18.0. The summed E-state index contributed by atoms with van der Waals surface area (Å²) < 4.78 is 0. The van der Waals surface area contributed by atoms with E-state index in [9.17, 15) is 0 Å². The second-order valence-electron chi connectivity index (χ2n) is 13.4. The molecule has 0 bridgehead atoms. The Hall–Kier alpha value is -7.10.